The number of hydrogen-bond acceptors (Lipinski definition) is 5. The van der Waals surface area contributed by atoms with E-state index in [2.05, 4.69) is 10.3 Å². The zero-order valence-corrected chi connectivity index (χ0v) is 22.3. The van der Waals surface area contributed by atoms with Gasteiger partial charge in [-0.1, -0.05) is 65.2 Å². The van der Waals surface area contributed by atoms with E-state index in [1.165, 1.54) is 23.0 Å². The maximum absolute atomic E-state index is 12.5. The van der Waals surface area contributed by atoms with Crippen molar-refractivity contribution in [3.63, 3.8) is 0 Å². The second kappa shape index (κ2) is 11.6. The molecule has 0 aliphatic heterocycles. The SMILES string of the molecule is COc1cc(C=CC(=O)Nc2nc(-c3ccc(C)cc3)c(C)s2)ccc1OCc1c(Cl)cccc1Cl. The molecule has 4 rings (SSSR count). The van der Waals surface area contributed by atoms with Crippen molar-refractivity contribution in [3.8, 4) is 22.8 Å². The smallest absolute Gasteiger partial charge is 0.250 e. The van der Waals surface area contributed by atoms with Gasteiger partial charge in [0.1, 0.15) is 6.61 Å². The van der Waals surface area contributed by atoms with Crippen LogP contribution in [-0.2, 0) is 11.4 Å². The Bertz CT molecular complexity index is 1390. The highest BCUT2D eigenvalue weighted by Crippen LogP contribution is 2.32. The largest absolute Gasteiger partial charge is 0.493 e. The molecule has 36 heavy (non-hydrogen) atoms. The Morgan fingerprint density at radius 2 is 1.75 bits per heavy atom. The monoisotopic (exact) mass is 538 g/mol. The highest BCUT2D eigenvalue weighted by atomic mass is 35.5. The number of aryl methyl sites for hydroxylation is 2. The Morgan fingerprint density at radius 3 is 2.44 bits per heavy atom. The molecule has 1 heterocycles. The van der Waals surface area contributed by atoms with Crippen LogP contribution in [-0.4, -0.2) is 18.0 Å². The lowest BCUT2D eigenvalue weighted by molar-refractivity contribution is -0.111. The van der Waals surface area contributed by atoms with Crippen molar-refractivity contribution in [1.82, 2.24) is 4.98 Å². The minimum Gasteiger partial charge on any atom is -0.493 e. The van der Waals surface area contributed by atoms with E-state index in [0.717, 1.165) is 21.7 Å². The van der Waals surface area contributed by atoms with Crippen LogP contribution in [0.5, 0.6) is 11.5 Å². The van der Waals surface area contributed by atoms with Gasteiger partial charge in [-0.3, -0.25) is 10.1 Å². The van der Waals surface area contributed by atoms with Gasteiger partial charge in [0.25, 0.3) is 0 Å². The second-order valence-corrected chi connectivity index (χ2v) is 10.0. The summed E-state index contributed by atoms with van der Waals surface area (Å²) < 4.78 is 11.4. The van der Waals surface area contributed by atoms with Crippen molar-refractivity contribution in [2.45, 2.75) is 20.5 Å². The van der Waals surface area contributed by atoms with Crippen LogP contribution in [0.4, 0.5) is 5.13 Å². The van der Waals surface area contributed by atoms with Crippen LogP contribution in [0.25, 0.3) is 17.3 Å². The van der Waals surface area contributed by atoms with Gasteiger partial charge < -0.3 is 9.47 Å². The average molecular weight is 539 g/mol. The average Bonchev–Trinajstić information content (AvgIpc) is 3.22. The molecule has 1 N–H and O–H groups in total. The number of nitrogens with zero attached hydrogens (tertiary/aromatic N) is 1. The Kier molecular flexibility index (Phi) is 8.31. The Morgan fingerprint density at radius 1 is 1.03 bits per heavy atom. The molecule has 3 aromatic carbocycles. The number of thiazole rings is 1. The third kappa shape index (κ3) is 6.26. The molecule has 0 aliphatic rings. The molecule has 0 saturated heterocycles. The molecule has 0 bridgehead atoms. The summed E-state index contributed by atoms with van der Waals surface area (Å²) in [4.78, 5) is 18.2. The molecule has 0 saturated carbocycles. The molecule has 0 unspecified atom stereocenters. The fraction of sp³-hybridized carbons (Fsp3) is 0.143. The summed E-state index contributed by atoms with van der Waals surface area (Å²) in [5.41, 5.74) is 4.56. The second-order valence-electron chi connectivity index (χ2n) is 8.01. The third-order valence-electron chi connectivity index (χ3n) is 5.40. The highest BCUT2D eigenvalue weighted by Gasteiger charge is 2.12. The molecular weight excluding hydrogens is 515 g/mol. The number of amides is 1. The number of carbonyl (C=O) groups is 1. The molecule has 0 aliphatic carbocycles. The van der Waals surface area contributed by atoms with E-state index in [0.29, 0.717) is 32.2 Å². The minimum absolute atomic E-state index is 0.199. The standard InChI is InChI=1S/C28H24Cl2N2O3S/c1-17-7-11-20(12-8-17)27-18(2)36-28(32-27)31-26(33)14-10-19-9-13-24(25(15-19)34-3)35-16-21-22(29)5-4-6-23(21)30/h4-15H,16H2,1-3H3,(H,31,32,33). The van der Waals surface area contributed by atoms with Gasteiger partial charge in [-0.2, -0.15) is 0 Å². The van der Waals surface area contributed by atoms with E-state index in [-0.39, 0.29) is 12.5 Å². The van der Waals surface area contributed by atoms with Gasteiger partial charge in [-0.15, -0.1) is 11.3 Å². The molecule has 0 radical (unpaired) electrons. The van der Waals surface area contributed by atoms with Gasteiger partial charge in [0.15, 0.2) is 16.6 Å². The number of methoxy groups -OCH3 is 1. The number of halogens is 2. The molecule has 4 aromatic rings. The topological polar surface area (TPSA) is 60.5 Å². The number of nitrogens with one attached hydrogen (secondary N) is 1. The number of anilines is 1. The van der Waals surface area contributed by atoms with Gasteiger partial charge in [0, 0.05) is 32.1 Å². The molecule has 0 fully saturated rings. The number of ether oxygens (including phenoxy) is 2. The maximum atomic E-state index is 12.5. The van der Waals surface area contributed by atoms with E-state index in [1.807, 2.05) is 44.2 Å². The normalized spacial score (nSPS) is 11.0. The quantitative estimate of drug-likeness (QED) is 0.231. The first-order valence-corrected chi connectivity index (χ1v) is 12.7. The zero-order chi connectivity index (χ0) is 25.7. The molecule has 1 aromatic heterocycles. The minimum atomic E-state index is -0.271. The zero-order valence-electron chi connectivity index (χ0n) is 20.0. The van der Waals surface area contributed by atoms with Crippen LogP contribution in [0.1, 0.15) is 21.6 Å². The van der Waals surface area contributed by atoms with Crippen LogP contribution < -0.4 is 14.8 Å². The van der Waals surface area contributed by atoms with Crippen LogP contribution in [0.2, 0.25) is 10.0 Å². The van der Waals surface area contributed by atoms with Crippen molar-refractivity contribution >= 4 is 51.7 Å². The van der Waals surface area contributed by atoms with Gasteiger partial charge in [0.2, 0.25) is 5.91 Å². The number of aromatic nitrogens is 1. The van der Waals surface area contributed by atoms with Crippen molar-refractivity contribution in [2.24, 2.45) is 0 Å². The number of benzene rings is 3. The van der Waals surface area contributed by atoms with Crippen LogP contribution in [0, 0.1) is 13.8 Å². The Hall–Kier alpha value is -3.32. The van der Waals surface area contributed by atoms with Crippen molar-refractivity contribution in [2.75, 3.05) is 12.4 Å². The lowest BCUT2D eigenvalue weighted by Gasteiger charge is -2.13. The first-order chi connectivity index (χ1) is 17.3. The van der Waals surface area contributed by atoms with Gasteiger partial charge >= 0.3 is 0 Å². The lowest BCUT2D eigenvalue weighted by Crippen LogP contribution is -2.07. The van der Waals surface area contributed by atoms with E-state index in [1.54, 1.807) is 43.5 Å². The summed E-state index contributed by atoms with van der Waals surface area (Å²) in [5, 5.41) is 4.47. The van der Waals surface area contributed by atoms with Crippen LogP contribution in [0.3, 0.4) is 0 Å². The fourth-order valence-corrected chi connectivity index (χ4v) is 4.82. The number of hydrogen-bond donors (Lipinski definition) is 1. The first-order valence-electron chi connectivity index (χ1n) is 11.1. The molecule has 5 nitrogen and oxygen atoms in total. The summed E-state index contributed by atoms with van der Waals surface area (Å²) in [6, 6.07) is 18.9. The van der Waals surface area contributed by atoms with E-state index in [9.17, 15) is 4.79 Å². The lowest BCUT2D eigenvalue weighted by atomic mass is 10.1. The molecule has 184 valence electrons. The van der Waals surface area contributed by atoms with Gasteiger partial charge in [0.05, 0.1) is 12.8 Å². The molecule has 0 atom stereocenters. The van der Waals surface area contributed by atoms with Crippen molar-refractivity contribution < 1.29 is 14.3 Å². The van der Waals surface area contributed by atoms with E-state index in [4.69, 9.17) is 32.7 Å². The fourth-order valence-electron chi connectivity index (χ4n) is 3.48. The third-order valence-corrected chi connectivity index (χ3v) is 6.99. The van der Waals surface area contributed by atoms with Gasteiger partial charge in [-0.25, -0.2) is 4.98 Å². The van der Waals surface area contributed by atoms with Crippen molar-refractivity contribution in [1.29, 1.82) is 0 Å². The molecule has 8 heteroatoms. The summed E-state index contributed by atoms with van der Waals surface area (Å²) in [5.74, 6) is 0.794. The van der Waals surface area contributed by atoms with Crippen molar-refractivity contribution in [3.05, 3.63) is 98.4 Å². The molecule has 0 spiro atoms. The van der Waals surface area contributed by atoms with Crippen LogP contribution >= 0.6 is 34.5 Å². The highest BCUT2D eigenvalue weighted by molar-refractivity contribution is 7.16. The van der Waals surface area contributed by atoms with E-state index < -0.39 is 0 Å². The number of carbonyl (C=O) groups excluding carboxylic acids is 1. The molecular formula is C28H24Cl2N2O3S. The van der Waals surface area contributed by atoms with E-state index >= 15 is 0 Å². The number of rotatable bonds is 8. The maximum Gasteiger partial charge on any atom is 0.250 e. The first kappa shape index (κ1) is 25.8. The summed E-state index contributed by atoms with van der Waals surface area (Å²) in [6.45, 7) is 4.24. The predicted molar refractivity (Wildman–Crippen MR) is 148 cm³/mol. The summed E-state index contributed by atoms with van der Waals surface area (Å²) in [7, 11) is 1.56. The Balaban J connectivity index is 1.41. The summed E-state index contributed by atoms with van der Waals surface area (Å²) in [6.07, 6.45) is 3.16. The van der Waals surface area contributed by atoms with Crippen LogP contribution in [0.15, 0.2) is 66.7 Å². The van der Waals surface area contributed by atoms with Gasteiger partial charge in [-0.05, 0) is 49.8 Å². The Labute approximate surface area is 224 Å². The predicted octanol–water partition coefficient (Wildman–Crippen LogP) is 7.97. The summed E-state index contributed by atoms with van der Waals surface area (Å²) >= 11 is 13.9. The molecule has 1 amide bonds.